The molecule has 4 unspecified atom stereocenters. The lowest BCUT2D eigenvalue weighted by Gasteiger charge is -2.38. The molecule has 6 aromatic carbocycles. The molecule has 0 fully saturated rings. The van der Waals surface area contributed by atoms with E-state index in [4.69, 9.17) is 20.9 Å². The van der Waals surface area contributed by atoms with Crippen LogP contribution in [0.25, 0.3) is 21.5 Å². The molecule has 0 amide bonds. The van der Waals surface area contributed by atoms with Gasteiger partial charge in [-0.2, -0.15) is 0 Å². The summed E-state index contributed by atoms with van der Waals surface area (Å²) in [6.45, 7) is 6.78. The summed E-state index contributed by atoms with van der Waals surface area (Å²) < 4.78 is 13.7. The Morgan fingerprint density at radius 2 is 0.784 bits per heavy atom. The number of benzene rings is 6. The maximum atomic E-state index is 6.85. The normalized spacial score (nSPS) is 15.3. The Labute approximate surface area is 304 Å². The van der Waals surface area contributed by atoms with E-state index in [0.717, 1.165) is 43.2 Å². The van der Waals surface area contributed by atoms with Gasteiger partial charge in [-0.15, -0.1) is 0 Å². The van der Waals surface area contributed by atoms with Gasteiger partial charge in [0.1, 0.15) is 0 Å². The van der Waals surface area contributed by atoms with E-state index >= 15 is 0 Å². The van der Waals surface area contributed by atoms with Crippen LogP contribution in [0.3, 0.4) is 0 Å². The third-order valence-electron chi connectivity index (χ3n) is 10.9. The molecule has 264 valence electrons. The largest absolute Gasteiger partial charge is 0.370 e. The van der Waals surface area contributed by atoms with Gasteiger partial charge < -0.3 is 20.9 Å². The van der Waals surface area contributed by atoms with Crippen molar-refractivity contribution in [1.82, 2.24) is 0 Å². The van der Waals surface area contributed by atoms with Gasteiger partial charge in [0, 0.05) is 38.1 Å². The van der Waals surface area contributed by atoms with E-state index in [1.165, 1.54) is 32.7 Å². The Balaban J connectivity index is 1.04. The first kappa shape index (κ1) is 36.5. The first-order valence-electron chi connectivity index (χ1n) is 18.7. The molecule has 0 aliphatic rings. The van der Waals surface area contributed by atoms with Crippen molar-refractivity contribution in [2.24, 2.45) is 11.5 Å². The molecule has 0 heterocycles. The SMILES string of the molecule is CC(OCCCCCCCOC(C)(c1ccccc1)C(CN)c1ccc2ccccc2c1)(c1ccccc1)C(CN)c1ccc2ccccc2c1. The van der Waals surface area contributed by atoms with Crippen molar-refractivity contribution >= 4 is 21.5 Å². The van der Waals surface area contributed by atoms with Crippen molar-refractivity contribution < 1.29 is 9.47 Å². The minimum absolute atomic E-state index is 0.0209. The topological polar surface area (TPSA) is 70.5 Å². The molecule has 0 spiro atoms. The molecule has 51 heavy (non-hydrogen) atoms. The van der Waals surface area contributed by atoms with E-state index in [2.05, 4.69) is 159 Å². The number of hydrogen-bond acceptors (Lipinski definition) is 4. The molecule has 6 rings (SSSR count). The van der Waals surface area contributed by atoms with Gasteiger partial charge in [0.05, 0.1) is 11.2 Å². The first-order valence-corrected chi connectivity index (χ1v) is 18.7. The second kappa shape index (κ2) is 17.3. The van der Waals surface area contributed by atoms with Crippen LogP contribution in [0.4, 0.5) is 0 Å². The lowest BCUT2D eigenvalue weighted by Crippen LogP contribution is -2.38. The van der Waals surface area contributed by atoms with Crippen molar-refractivity contribution in [3.8, 4) is 0 Å². The molecule has 4 nitrogen and oxygen atoms in total. The highest BCUT2D eigenvalue weighted by Gasteiger charge is 2.38. The van der Waals surface area contributed by atoms with Crippen molar-refractivity contribution in [3.63, 3.8) is 0 Å². The van der Waals surface area contributed by atoms with Gasteiger partial charge in [-0.1, -0.05) is 165 Å². The summed E-state index contributed by atoms with van der Waals surface area (Å²) in [5.74, 6) is 0.0417. The molecule has 0 aliphatic carbocycles. The average molecular weight is 679 g/mol. The highest BCUT2D eigenvalue weighted by Crippen LogP contribution is 2.42. The fourth-order valence-electron chi connectivity index (χ4n) is 7.82. The second-order valence-electron chi connectivity index (χ2n) is 14.2. The van der Waals surface area contributed by atoms with E-state index in [-0.39, 0.29) is 11.8 Å². The Hall–Kier alpha value is -4.32. The molecular weight excluding hydrogens is 625 g/mol. The molecule has 0 saturated heterocycles. The van der Waals surface area contributed by atoms with E-state index < -0.39 is 11.2 Å². The monoisotopic (exact) mass is 678 g/mol. The number of nitrogens with two attached hydrogens (primary N) is 2. The van der Waals surface area contributed by atoms with Gasteiger partial charge in [-0.3, -0.25) is 0 Å². The van der Waals surface area contributed by atoms with Crippen LogP contribution < -0.4 is 11.5 Å². The van der Waals surface area contributed by atoms with E-state index in [1.807, 2.05) is 0 Å². The zero-order valence-electron chi connectivity index (χ0n) is 30.3. The number of ether oxygens (including phenoxy) is 2. The molecule has 0 radical (unpaired) electrons. The van der Waals surface area contributed by atoms with Crippen molar-refractivity contribution in [1.29, 1.82) is 0 Å². The van der Waals surface area contributed by atoms with Crippen LogP contribution in [0.5, 0.6) is 0 Å². The van der Waals surface area contributed by atoms with Crippen molar-refractivity contribution in [3.05, 3.63) is 168 Å². The van der Waals surface area contributed by atoms with Gasteiger partial charge in [0.15, 0.2) is 0 Å². The molecule has 4 heteroatoms. The van der Waals surface area contributed by atoms with Crippen LogP contribution in [-0.4, -0.2) is 26.3 Å². The lowest BCUT2D eigenvalue weighted by molar-refractivity contribution is -0.0585. The molecular formula is C47H54N2O2. The zero-order chi connectivity index (χ0) is 35.5. The van der Waals surface area contributed by atoms with Crippen LogP contribution in [0, 0.1) is 0 Å². The Kier molecular flexibility index (Phi) is 12.3. The Morgan fingerprint density at radius 3 is 1.18 bits per heavy atom. The minimum Gasteiger partial charge on any atom is -0.370 e. The fraction of sp³-hybridized carbons (Fsp3) is 0.319. The highest BCUT2D eigenvalue weighted by molar-refractivity contribution is 5.84. The predicted molar refractivity (Wildman–Crippen MR) is 214 cm³/mol. The molecule has 0 aromatic heterocycles. The van der Waals surface area contributed by atoms with Crippen LogP contribution in [-0.2, 0) is 20.7 Å². The van der Waals surface area contributed by atoms with E-state index in [9.17, 15) is 0 Å². The summed E-state index contributed by atoms with van der Waals surface area (Å²) in [5.41, 5.74) is 16.7. The third-order valence-corrected chi connectivity index (χ3v) is 10.9. The van der Waals surface area contributed by atoms with E-state index in [0.29, 0.717) is 26.3 Å². The number of fused-ring (bicyclic) bond motifs is 2. The number of unbranched alkanes of at least 4 members (excludes halogenated alkanes) is 4. The summed E-state index contributed by atoms with van der Waals surface area (Å²) in [6, 6.07) is 51.5. The summed E-state index contributed by atoms with van der Waals surface area (Å²) >= 11 is 0. The zero-order valence-corrected chi connectivity index (χ0v) is 30.3. The Bertz CT molecular complexity index is 1820. The number of hydrogen-bond donors (Lipinski definition) is 2. The third kappa shape index (κ3) is 8.43. The molecule has 0 aliphatic heterocycles. The quantitative estimate of drug-likeness (QED) is 0.0888. The molecule has 4 atom stereocenters. The highest BCUT2D eigenvalue weighted by atomic mass is 16.5. The summed E-state index contributed by atoms with van der Waals surface area (Å²) in [7, 11) is 0. The second-order valence-corrected chi connectivity index (χ2v) is 14.2. The van der Waals surface area contributed by atoms with Gasteiger partial charge >= 0.3 is 0 Å². The summed E-state index contributed by atoms with van der Waals surface area (Å²) in [4.78, 5) is 0. The molecule has 6 aromatic rings. The average Bonchev–Trinajstić information content (AvgIpc) is 3.18. The maximum Gasteiger partial charge on any atom is 0.0983 e. The summed E-state index contributed by atoms with van der Waals surface area (Å²) in [6.07, 6.45) is 5.33. The van der Waals surface area contributed by atoms with Crippen LogP contribution in [0.15, 0.2) is 146 Å². The van der Waals surface area contributed by atoms with Gasteiger partial charge in [0.2, 0.25) is 0 Å². The number of rotatable bonds is 18. The van der Waals surface area contributed by atoms with Gasteiger partial charge in [-0.25, -0.2) is 0 Å². The van der Waals surface area contributed by atoms with Crippen LogP contribution in [0.1, 0.15) is 80.0 Å². The van der Waals surface area contributed by atoms with Gasteiger partial charge in [0.25, 0.3) is 0 Å². The first-order chi connectivity index (χ1) is 25.0. The van der Waals surface area contributed by atoms with Crippen LogP contribution >= 0.6 is 0 Å². The van der Waals surface area contributed by atoms with Gasteiger partial charge in [-0.05, 0) is 70.5 Å². The fourth-order valence-corrected chi connectivity index (χ4v) is 7.82. The molecule has 4 N–H and O–H groups in total. The maximum absolute atomic E-state index is 6.85. The van der Waals surface area contributed by atoms with Crippen molar-refractivity contribution in [2.75, 3.05) is 26.3 Å². The molecule has 0 saturated carbocycles. The van der Waals surface area contributed by atoms with E-state index in [1.54, 1.807) is 0 Å². The van der Waals surface area contributed by atoms with Crippen LogP contribution in [0.2, 0.25) is 0 Å². The van der Waals surface area contributed by atoms with Crippen molar-refractivity contribution in [2.45, 2.75) is 69.0 Å². The lowest BCUT2D eigenvalue weighted by atomic mass is 9.78. The predicted octanol–water partition coefficient (Wildman–Crippen LogP) is 10.6. The Morgan fingerprint density at radius 1 is 0.431 bits per heavy atom. The standard InChI is InChI=1S/C47H54N2O2/c1-46(42-22-8-6-9-23-42,44(34-48)40-28-26-36-18-12-14-20-38(36)32-40)50-30-16-4-3-5-17-31-51-47(2,43-24-10-7-11-25-43)45(35-49)41-29-27-37-19-13-15-21-39(37)33-41/h6-15,18-29,32-33,44-45H,3-5,16-17,30-31,34-35,48-49H2,1-2H3. The minimum atomic E-state index is -0.543. The smallest absolute Gasteiger partial charge is 0.0983 e. The molecule has 0 bridgehead atoms. The summed E-state index contributed by atoms with van der Waals surface area (Å²) in [5, 5.41) is 4.92.